The Labute approximate surface area is 182 Å². The third-order valence-electron chi connectivity index (χ3n) is 6.94. The van der Waals surface area contributed by atoms with E-state index in [1.165, 1.54) is 17.5 Å². The van der Waals surface area contributed by atoms with Crippen LogP contribution in [-0.4, -0.2) is 79.1 Å². The van der Waals surface area contributed by atoms with Crippen molar-refractivity contribution in [3.05, 3.63) is 35.4 Å². The van der Waals surface area contributed by atoms with Crippen molar-refractivity contribution in [1.29, 1.82) is 0 Å². The number of hydrogen-bond acceptors (Lipinski definition) is 4. The lowest BCUT2D eigenvalue weighted by Crippen LogP contribution is -2.53. The summed E-state index contributed by atoms with van der Waals surface area (Å²) in [5, 5.41) is 0. The van der Waals surface area contributed by atoms with Crippen LogP contribution in [0.15, 0.2) is 24.3 Å². The molecular weight excluding hydrogens is 374 g/mol. The van der Waals surface area contributed by atoms with Gasteiger partial charge in [0, 0.05) is 51.2 Å². The highest BCUT2D eigenvalue weighted by molar-refractivity contribution is 5.81. The van der Waals surface area contributed by atoms with E-state index in [1.54, 1.807) is 0 Å². The van der Waals surface area contributed by atoms with E-state index in [0.29, 0.717) is 23.8 Å². The summed E-state index contributed by atoms with van der Waals surface area (Å²) >= 11 is 0. The molecule has 30 heavy (non-hydrogen) atoms. The molecular formula is C25H39N3O2. The quantitative estimate of drug-likeness (QED) is 0.655. The third kappa shape index (κ3) is 5.83. The average molecular weight is 414 g/mol. The van der Waals surface area contributed by atoms with E-state index in [1.807, 2.05) is 0 Å². The lowest BCUT2D eigenvalue weighted by Gasteiger charge is -2.40. The van der Waals surface area contributed by atoms with Crippen LogP contribution in [0.1, 0.15) is 56.6 Å². The zero-order chi connectivity index (χ0) is 20.9. The number of likely N-dealkylation sites (tertiary alicyclic amines) is 1. The molecule has 0 aromatic heterocycles. The maximum atomic E-state index is 13.1. The number of amides is 1. The molecule has 3 aliphatic rings. The van der Waals surface area contributed by atoms with Gasteiger partial charge in [-0.15, -0.1) is 0 Å². The molecule has 0 bridgehead atoms. The molecule has 1 aromatic rings. The van der Waals surface area contributed by atoms with Gasteiger partial charge in [-0.2, -0.15) is 0 Å². The second kappa shape index (κ2) is 10.3. The minimum absolute atomic E-state index is 0.300. The Morgan fingerprint density at radius 2 is 1.80 bits per heavy atom. The number of piperidine rings is 1. The SMILES string of the molecule is CC(C)c1ccc(CN2CCCC(N(CCN3CCOCC3)C(=O)C3CC3)C2)cc1. The summed E-state index contributed by atoms with van der Waals surface area (Å²) in [6.07, 6.45) is 4.50. The monoisotopic (exact) mass is 413 g/mol. The second-order valence-electron chi connectivity index (χ2n) is 9.69. The first-order valence-electron chi connectivity index (χ1n) is 12.0. The van der Waals surface area contributed by atoms with E-state index in [0.717, 1.165) is 78.3 Å². The van der Waals surface area contributed by atoms with Gasteiger partial charge in [0.2, 0.25) is 5.91 Å². The predicted octanol–water partition coefficient (Wildman–Crippen LogP) is 3.35. The van der Waals surface area contributed by atoms with E-state index < -0.39 is 0 Å². The molecule has 1 amide bonds. The van der Waals surface area contributed by atoms with Gasteiger partial charge < -0.3 is 9.64 Å². The van der Waals surface area contributed by atoms with Gasteiger partial charge in [0.15, 0.2) is 0 Å². The minimum Gasteiger partial charge on any atom is -0.379 e. The number of morpholine rings is 1. The van der Waals surface area contributed by atoms with E-state index in [4.69, 9.17) is 4.74 Å². The van der Waals surface area contributed by atoms with Gasteiger partial charge in [0.05, 0.1) is 13.2 Å². The van der Waals surface area contributed by atoms with Crippen molar-refractivity contribution in [2.75, 3.05) is 52.5 Å². The first-order chi connectivity index (χ1) is 14.6. The number of benzene rings is 1. The van der Waals surface area contributed by atoms with Gasteiger partial charge in [0.1, 0.15) is 0 Å². The Kier molecular flexibility index (Phi) is 7.45. The zero-order valence-corrected chi connectivity index (χ0v) is 18.9. The van der Waals surface area contributed by atoms with Crippen LogP contribution in [0, 0.1) is 5.92 Å². The first-order valence-corrected chi connectivity index (χ1v) is 12.0. The molecule has 0 N–H and O–H groups in total. The molecule has 2 aliphatic heterocycles. The molecule has 1 aromatic carbocycles. The summed E-state index contributed by atoms with van der Waals surface area (Å²) in [6, 6.07) is 9.47. The summed E-state index contributed by atoms with van der Waals surface area (Å²) in [5.41, 5.74) is 2.79. The highest BCUT2D eigenvalue weighted by Crippen LogP contribution is 2.33. The molecule has 4 rings (SSSR count). The van der Waals surface area contributed by atoms with Crippen molar-refractivity contribution in [1.82, 2.24) is 14.7 Å². The lowest BCUT2D eigenvalue weighted by atomic mass is 10.00. The zero-order valence-electron chi connectivity index (χ0n) is 18.9. The molecule has 166 valence electrons. The van der Waals surface area contributed by atoms with Crippen molar-refractivity contribution in [2.45, 2.75) is 58.0 Å². The van der Waals surface area contributed by atoms with Crippen LogP contribution < -0.4 is 0 Å². The van der Waals surface area contributed by atoms with E-state index in [2.05, 4.69) is 52.8 Å². The van der Waals surface area contributed by atoms with Gasteiger partial charge in [-0.05, 0) is 49.3 Å². The third-order valence-corrected chi connectivity index (χ3v) is 6.94. The summed E-state index contributed by atoms with van der Waals surface area (Å²) in [5.74, 6) is 1.29. The topological polar surface area (TPSA) is 36.0 Å². The average Bonchev–Trinajstić information content (AvgIpc) is 3.61. The van der Waals surface area contributed by atoms with Gasteiger partial charge >= 0.3 is 0 Å². The van der Waals surface area contributed by atoms with Crippen LogP contribution in [0.4, 0.5) is 0 Å². The second-order valence-corrected chi connectivity index (χ2v) is 9.69. The molecule has 0 spiro atoms. The molecule has 1 atom stereocenters. The number of nitrogens with zero attached hydrogens (tertiary/aromatic N) is 3. The smallest absolute Gasteiger partial charge is 0.226 e. The van der Waals surface area contributed by atoms with Crippen LogP contribution in [0.3, 0.4) is 0 Å². The summed E-state index contributed by atoms with van der Waals surface area (Å²) < 4.78 is 5.48. The standard InChI is InChI=1S/C25H39N3O2/c1-20(2)22-7-5-21(6-8-22)18-27-11-3-4-24(19-27)28(25(29)23-9-10-23)13-12-26-14-16-30-17-15-26/h5-8,20,23-24H,3-4,9-19H2,1-2H3. The fourth-order valence-corrected chi connectivity index (χ4v) is 4.81. The van der Waals surface area contributed by atoms with Crippen molar-refractivity contribution >= 4 is 5.91 Å². The highest BCUT2D eigenvalue weighted by Gasteiger charge is 2.37. The van der Waals surface area contributed by atoms with E-state index in [-0.39, 0.29) is 0 Å². The molecule has 0 radical (unpaired) electrons. The van der Waals surface area contributed by atoms with Crippen LogP contribution in [0.25, 0.3) is 0 Å². The molecule has 2 saturated heterocycles. The summed E-state index contributed by atoms with van der Waals surface area (Å²) in [4.78, 5) is 20.4. The van der Waals surface area contributed by atoms with Crippen LogP contribution in [-0.2, 0) is 16.1 Å². The number of rotatable bonds is 8. The minimum atomic E-state index is 0.300. The Bertz CT molecular complexity index is 680. The van der Waals surface area contributed by atoms with Crippen LogP contribution >= 0.6 is 0 Å². The number of ether oxygens (including phenoxy) is 1. The van der Waals surface area contributed by atoms with E-state index >= 15 is 0 Å². The molecule has 2 heterocycles. The molecule has 1 unspecified atom stereocenters. The van der Waals surface area contributed by atoms with Gasteiger partial charge in [-0.3, -0.25) is 14.6 Å². The number of carbonyl (C=O) groups excluding carboxylic acids is 1. The van der Waals surface area contributed by atoms with E-state index in [9.17, 15) is 4.79 Å². The maximum Gasteiger partial charge on any atom is 0.226 e. The fourth-order valence-electron chi connectivity index (χ4n) is 4.81. The van der Waals surface area contributed by atoms with Crippen molar-refractivity contribution in [2.24, 2.45) is 5.92 Å². The maximum absolute atomic E-state index is 13.1. The molecule has 1 aliphatic carbocycles. The molecule has 3 fully saturated rings. The number of hydrogen-bond donors (Lipinski definition) is 0. The first kappa shape index (κ1) is 21.8. The van der Waals surface area contributed by atoms with Crippen LogP contribution in [0.2, 0.25) is 0 Å². The largest absolute Gasteiger partial charge is 0.379 e. The Balaban J connectivity index is 1.35. The van der Waals surface area contributed by atoms with Gasteiger partial charge in [-0.1, -0.05) is 38.1 Å². The van der Waals surface area contributed by atoms with Crippen molar-refractivity contribution in [3.63, 3.8) is 0 Å². The highest BCUT2D eigenvalue weighted by atomic mass is 16.5. The fraction of sp³-hybridized carbons (Fsp3) is 0.720. The molecule has 5 nitrogen and oxygen atoms in total. The summed E-state index contributed by atoms with van der Waals surface area (Å²) in [6.45, 7) is 13.1. The molecule has 5 heteroatoms. The van der Waals surface area contributed by atoms with Gasteiger partial charge in [0.25, 0.3) is 0 Å². The Morgan fingerprint density at radius 3 is 2.47 bits per heavy atom. The van der Waals surface area contributed by atoms with Crippen molar-refractivity contribution < 1.29 is 9.53 Å². The lowest BCUT2D eigenvalue weighted by molar-refractivity contribution is -0.136. The normalized spacial score (nSPS) is 23.6. The van der Waals surface area contributed by atoms with Crippen molar-refractivity contribution in [3.8, 4) is 0 Å². The van der Waals surface area contributed by atoms with Gasteiger partial charge in [-0.25, -0.2) is 0 Å². The van der Waals surface area contributed by atoms with Crippen LogP contribution in [0.5, 0.6) is 0 Å². The Hall–Kier alpha value is -1.43. The molecule has 1 saturated carbocycles. The summed E-state index contributed by atoms with van der Waals surface area (Å²) in [7, 11) is 0. The number of carbonyl (C=O) groups is 1. The Morgan fingerprint density at radius 1 is 1.07 bits per heavy atom. The predicted molar refractivity (Wildman–Crippen MR) is 121 cm³/mol.